The molecule has 2 rings (SSSR count). The van der Waals surface area contributed by atoms with Gasteiger partial charge in [-0.15, -0.1) is 0 Å². The molecule has 2 atom stereocenters. The van der Waals surface area contributed by atoms with E-state index < -0.39 is 0 Å². The number of thiophene rings is 1. The van der Waals surface area contributed by atoms with Gasteiger partial charge < -0.3 is 5.11 Å². The summed E-state index contributed by atoms with van der Waals surface area (Å²) >= 11 is 1.71. The minimum Gasteiger partial charge on any atom is -0.392 e. The van der Waals surface area contributed by atoms with Gasteiger partial charge in [-0.05, 0) is 40.8 Å². The van der Waals surface area contributed by atoms with E-state index in [4.69, 9.17) is 0 Å². The minimum absolute atomic E-state index is 0.204. The maximum absolute atomic E-state index is 10.2. The molecular weight excluding hydrogens is 228 g/mol. The topological polar surface area (TPSA) is 20.2 Å². The molecule has 2 aromatic rings. The Hall–Kier alpha value is -1.12. The van der Waals surface area contributed by atoms with Crippen molar-refractivity contribution in [3.05, 3.63) is 58.3 Å². The molecule has 0 aliphatic heterocycles. The van der Waals surface area contributed by atoms with Crippen LogP contribution in [0, 0.1) is 0 Å². The third-order valence-electron chi connectivity index (χ3n) is 3.21. The standard InChI is InChI=1S/C15H18OS/c1-12(14-5-3-2-4-6-14)15(16)8-7-13-9-10-17-11-13/h2-6,9-12,15-16H,7-8H2,1H3. The molecule has 2 unspecified atom stereocenters. The van der Waals surface area contributed by atoms with Crippen LogP contribution >= 0.6 is 11.3 Å². The average molecular weight is 246 g/mol. The van der Waals surface area contributed by atoms with Crippen LogP contribution in [-0.2, 0) is 6.42 Å². The van der Waals surface area contributed by atoms with Crippen molar-refractivity contribution in [1.82, 2.24) is 0 Å². The van der Waals surface area contributed by atoms with Crippen molar-refractivity contribution in [2.45, 2.75) is 31.8 Å². The summed E-state index contributed by atoms with van der Waals surface area (Å²) in [5.41, 5.74) is 2.54. The van der Waals surface area contributed by atoms with Crippen molar-refractivity contribution in [2.75, 3.05) is 0 Å². The molecule has 17 heavy (non-hydrogen) atoms. The summed E-state index contributed by atoms with van der Waals surface area (Å²) in [5, 5.41) is 14.4. The van der Waals surface area contributed by atoms with Gasteiger partial charge in [0.25, 0.3) is 0 Å². The predicted molar refractivity (Wildman–Crippen MR) is 73.5 cm³/mol. The van der Waals surface area contributed by atoms with E-state index in [2.05, 4.69) is 35.9 Å². The zero-order valence-corrected chi connectivity index (χ0v) is 10.9. The van der Waals surface area contributed by atoms with E-state index in [1.54, 1.807) is 11.3 Å². The molecule has 0 fully saturated rings. The quantitative estimate of drug-likeness (QED) is 0.849. The maximum Gasteiger partial charge on any atom is 0.0609 e. The van der Waals surface area contributed by atoms with Crippen LogP contribution in [0.3, 0.4) is 0 Å². The first-order valence-corrected chi connectivity index (χ1v) is 6.95. The molecule has 0 radical (unpaired) electrons. The van der Waals surface area contributed by atoms with Gasteiger partial charge >= 0.3 is 0 Å². The minimum atomic E-state index is -0.266. The van der Waals surface area contributed by atoms with Crippen LogP contribution in [0.15, 0.2) is 47.2 Å². The van der Waals surface area contributed by atoms with Crippen LogP contribution in [0.1, 0.15) is 30.4 Å². The van der Waals surface area contributed by atoms with Gasteiger partial charge in [0, 0.05) is 5.92 Å². The average Bonchev–Trinajstić information content (AvgIpc) is 2.89. The van der Waals surface area contributed by atoms with Crippen LogP contribution in [0.5, 0.6) is 0 Å². The normalized spacial score (nSPS) is 14.5. The van der Waals surface area contributed by atoms with Crippen molar-refractivity contribution >= 4 is 11.3 Å². The highest BCUT2D eigenvalue weighted by molar-refractivity contribution is 7.07. The molecule has 0 saturated carbocycles. The summed E-state index contributed by atoms with van der Waals surface area (Å²) in [6.07, 6.45) is 1.52. The Morgan fingerprint density at radius 1 is 1.18 bits per heavy atom. The first-order valence-electron chi connectivity index (χ1n) is 6.01. The Labute approximate surface area is 107 Å². The van der Waals surface area contributed by atoms with E-state index in [0.29, 0.717) is 0 Å². The molecule has 2 heteroatoms. The Morgan fingerprint density at radius 3 is 2.59 bits per heavy atom. The third-order valence-corrected chi connectivity index (χ3v) is 3.94. The molecule has 1 N–H and O–H groups in total. The fraction of sp³-hybridized carbons (Fsp3) is 0.333. The lowest BCUT2D eigenvalue weighted by Crippen LogP contribution is -2.16. The third kappa shape index (κ3) is 3.42. The van der Waals surface area contributed by atoms with Crippen molar-refractivity contribution in [1.29, 1.82) is 0 Å². The van der Waals surface area contributed by atoms with Crippen LogP contribution in [0.4, 0.5) is 0 Å². The second-order valence-electron chi connectivity index (χ2n) is 4.44. The highest BCUT2D eigenvalue weighted by atomic mass is 32.1. The largest absolute Gasteiger partial charge is 0.392 e. The van der Waals surface area contributed by atoms with Crippen LogP contribution in [0.25, 0.3) is 0 Å². The second-order valence-corrected chi connectivity index (χ2v) is 5.22. The Morgan fingerprint density at radius 2 is 1.94 bits per heavy atom. The van der Waals surface area contributed by atoms with Gasteiger partial charge in [-0.1, -0.05) is 37.3 Å². The highest BCUT2D eigenvalue weighted by Crippen LogP contribution is 2.22. The van der Waals surface area contributed by atoms with Crippen LogP contribution in [-0.4, -0.2) is 11.2 Å². The fourth-order valence-corrected chi connectivity index (χ4v) is 2.68. The number of aryl methyl sites for hydroxylation is 1. The van der Waals surface area contributed by atoms with Crippen LogP contribution < -0.4 is 0 Å². The number of aliphatic hydroxyl groups excluding tert-OH is 1. The Kier molecular flexibility index (Phi) is 4.35. The first kappa shape index (κ1) is 12.3. The SMILES string of the molecule is CC(c1ccccc1)C(O)CCc1ccsc1. The van der Waals surface area contributed by atoms with Crippen molar-refractivity contribution < 1.29 is 5.11 Å². The van der Waals surface area contributed by atoms with E-state index in [-0.39, 0.29) is 12.0 Å². The predicted octanol–water partition coefficient (Wildman–Crippen LogP) is 3.85. The molecule has 0 aliphatic rings. The van der Waals surface area contributed by atoms with Crippen LogP contribution in [0.2, 0.25) is 0 Å². The number of benzene rings is 1. The lowest BCUT2D eigenvalue weighted by atomic mass is 9.92. The fourth-order valence-electron chi connectivity index (χ4n) is 1.98. The van der Waals surface area contributed by atoms with Gasteiger partial charge in [-0.2, -0.15) is 11.3 Å². The lowest BCUT2D eigenvalue weighted by Gasteiger charge is -2.18. The van der Waals surface area contributed by atoms with Crippen molar-refractivity contribution in [3.8, 4) is 0 Å². The Bertz CT molecular complexity index is 421. The molecule has 90 valence electrons. The molecule has 0 spiro atoms. The van der Waals surface area contributed by atoms with E-state index in [0.717, 1.165) is 12.8 Å². The van der Waals surface area contributed by atoms with Crippen molar-refractivity contribution in [3.63, 3.8) is 0 Å². The second kappa shape index (κ2) is 5.99. The van der Waals surface area contributed by atoms with E-state index in [1.165, 1.54) is 11.1 Å². The number of rotatable bonds is 5. The monoisotopic (exact) mass is 246 g/mol. The zero-order chi connectivity index (χ0) is 12.1. The zero-order valence-electron chi connectivity index (χ0n) is 10.0. The van der Waals surface area contributed by atoms with Gasteiger partial charge in [0.15, 0.2) is 0 Å². The summed E-state index contributed by atoms with van der Waals surface area (Å²) in [4.78, 5) is 0. The molecule has 0 aliphatic carbocycles. The molecule has 1 aromatic carbocycles. The van der Waals surface area contributed by atoms with E-state index in [1.807, 2.05) is 18.2 Å². The number of aliphatic hydroxyl groups is 1. The van der Waals surface area contributed by atoms with Gasteiger partial charge in [-0.3, -0.25) is 0 Å². The summed E-state index contributed by atoms with van der Waals surface area (Å²) in [5.74, 6) is 0.204. The lowest BCUT2D eigenvalue weighted by molar-refractivity contribution is 0.140. The molecule has 0 amide bonds. The summed E-state index contributed by atoms with van der Waals surface area (Å²) in [6.45, 7) is 2.09. The molecule has 1 aromatic heterocycles. The maximum atomic E-state index is 10.2. The van der Waals surface area contributed by atoms with E-state index >= 15 is 0 Å². The Balaban J connectivity index is 1.89. The molecular formula is C15H18OS. The molecule has 1 heterocycles. The van der Waals surface area contributed by atoms with Gasteiger partial charge in [0.05, 0.1) is 6.10 Å². The smallest absolute Gasteiger partial charge is 0.0609 e. The van der Waals surface area contributed by atoms with E-state index in [9.17, 15) is 5.11 Å². The van der Waals surface area contributed by atoms with Crippen molar-refractivity contribution in [2.24, 2.45) is 0 Å². The first-order chi connectivity index (χ1) is 8.27. The summed E-state index contributed by atoms with van der Waals surface area (Å²) in [7, 11) is 0. The molecule has 1 nitrogen and oxygen atoms in total. The summed E-state index contributed by atoms with van der Waals surface area (Å²) in [6, 6.07) is 12.4. The van der Waals surface area contributed by atoms with Gasteiger partial charge in [0.2, 0.25) is 0 Å². The molecule has 0 bridgehead atoms. The molecule has 0 saturated heterocycles. The van der Waals surface area contributed by atoms with Gasteiger partial charge in [-0.25, -0.2) is 0 Å². The number of hydrogen-bond acceptors (Lipinski definition) is 2. The summed E-state index contributed by atoms with van der Waals surface area (Å²) < 4.78 is 0. The number of hydrogen-bond donors (Lipinski definition) is 1. The highest BCUT2D eigenvalue weighted by Gasteiger charge is 2.15. The van der Waals surface area contributed by atoms with Gasteiger partial charge in [0.1, 0.15) is 0 Å².